The first-order chi connectivity index (χ1) is 8.65. The van der Waals surface area contributed by atoms with Gasteiger partial charge in [0.05, 0.1) is 35.0 Å². The van der Waals surface area contributed by atoms with Crippen molar-refractivity contribution in [3.05, 3.63) is 41.5 Å². The first-order valence-electron chi connectivity index (χ1n) is 5.14. The molecule has 6 heteroatoms. The van der Waals surface area contributed by atoms with Gasteiger partial charge in [-0.1, -0.05) is 0 Å². The van der Waals surface area contributed by atoms with Crippen LogP contribution in [0.2, 0.25) is 0 Å². The lowest BCUT2D eigenvalue weighted by atomic mass is 10.2. The summed E-state index contributed by atoms with van der Waals surface area (Å²) < 4.78 is 15.4. The monoisotopic (exact) mass is 263 g/mol. The van der Waals surface area contributed by atoms with Gasteiger partial charge in [0.2, 0.25) is 0 Å². The largest absolute Gasteiger partial charge is 0.390 e. The van der Waals surface area contributed by atoms with Gasteiger partial charge in [0, 0.05) is 7.05 Å². The summed E-state index contributed by atoms with van der Waals surface area (Å²) in [6, 6.07) is 6.18. The Bertz CT molecular complexity index is 618. The Morgan fingerprint density at radius 3 is 2.89 bits per heavy atom. The van der Waals surface area contributed by atoms with Gasteiger partial charge in [-0.25, -0.2) is 9.37 Å². The molecule has 0 aliphatic heterocycles. The Hall–Kier alpha value is -1.84. The Kier molecular flexibility index (Phi) is 3.65. The number of aliphatic hydroxyl groups excluding tert-OH is 1. The molecule has 0 spiro atoms. The van der Waals surface area contributed by atoms with Crippen LogP contribution in [0.5, 0.6) is 0 Å². The van der Waals surface area contributed by atoms with Crippen LogP contribution in [0.3, 0.4) is 0 Å². The highest BCUT2D eigenvalue weighted by atomic mass is 32.2. The van der Waals surface area contributed by atoms with E-state index in [4.69, 9.17) is 10.4 Å². The molecule has 4 nitrogen and oxygen atoms in total. The molecule has 18 heavy (non-hydrogen) atoms. The van der Waals surface area contributed by atoms with Crippen molar-refractivity contribution < 1.29 is 9.50 Å². The van der Waals surface area contributed by atoms with Crippen molar-refractivity contribution in [3.63, 3.8) is 0 Å². The molecule has 0 amide bonds. The predicted octanol–water partition coefficient (Wildman–Crippen LogP) is 2.07. The van der Waals surface area contributed by atoms with Crippen molar-refractivity contribution >= 4 is 11.8 Å². The van der Waals surface area contributed by atoms with Gasteiger partial charge >= 0.3 is 0 Å². The molecule has 0 unspecified atom stereocenters. The third-order valence-corrected chi connectivity index (χ3v) is 3.58. The average Bonchev–Trinajstić information content (AvgIpc) is 2.73. The summed E-state index contributed by atoms with van der Waals surface area (Å²) in [4.78, 5) is 4.50. The molecule has 1 aromatic heterocycles. The highest BCUT2D eigenvalue weighted by Crippen LogP contribution is 2.29. The zero-order chi connectivity index (χ0) is 13.1. The maximum absolute atomic E-state index is 13.7. The van der Waals surface area contributed by atoms with Crippen LogP contribution in [0.4, 0.5) is 4.39 Å². The number of hydrogen-bond acceptors (Lipinski definition) is 4. The average molecular weight is 263 g/mol. The zero-order valence-electron chi connectivity index (χ0n) is 9.59. The van der Waals surface area contributed by atoms with Crippen molar-refractivity contribution in [1.29, 1.82) is 5.26 Å². The third kappa shape index (κ3) is 2.37. The van der Waals surface area contributed by atoms with Gasteiger partial charge in [0.25, 0.3) is 0 Å². The second-order valence-electron chi connectivity index (χ2n) is 3.61. The first kappa shape index (κ1) is 12.6. The molecule has 92 valence electrons. The van der Waals surface area contributed by atoms with Crippen LogP contribution in [0.25, 0.3) is 0 Å². The lowest BCUT2D eigenvalue weighted by Gasteiger charge is -2.05. The minimum Gasteiger partial charge on any atom is -0.390 e. The lowest BCUT2D eigenvalue weighted by molar-refractivity contribution is 0.271. The van der Waals surface area contributed by atoms with E-state index in [1.54, 1.807) is 29.9 Å². The number of benzene rings is 1. The van der Waals surface area contributed by atoms with Crippen LogP contribution in [-0.2, 0) is 13.7 Å². The van der Waals surface area contributed by atoms with E-state index in [0.29, 0.717) is 15.7 Å². The molecule has 2 rings (SSSR count). The highest BCUT2D eigenvalue weighted by Gasteiger charge is 2.11. The third-order valence-electron chi connectivity index (χ3n) is 2.47. The molecule has 0 fully saturated rings. The number of aliphatic hydroxyl groups is 1. The molecule has 1 N–H and O–H groups in total. The van der Waals surface area contributed by atoms with Crippen LogP contribution in [0.1, 0.15) is 11.3 Å². The number of nitriles is 1. The summed E-state index contributed by atoms with van der Waals surface area (Å²) in [5, 5.41) is 18.3. The van der Waals surface area contributed by atoms with E-state index in [0.717, 1.165) is 11.8 Å². The van der Waals surface area contributed by atoms with E-state index in [-0.39, 0.29) is 12.2 Å². The molecule has 0 saturated carbocycles. The topological polar surface area (TPSA) is 61.8 Å². The fourth-order valence-electron chi connectivity index (χ4n) is 1.42. The van der Waals surface area contributed by atoms with Gasteiger partial charge in [-0.3, -0.25) is 0 Å². The Balaban J connectivity index is 2.29. The molecule has 2 aromatic rings. The quantitative estimate of drug-likeness (QED) is 0.921. The number of nitrogens with zero attached hydrogens (tertiary/aromatic N) is 3. The standard InChI is InChI=1S/C12H10FN3OS/c1-16-9(7-17)6-15-12(16)18-11-3-2-8(5-14)4-10(11)13/h2-4,6,17H,7H2,1H3. The van der Waals surface area contributed by atoms with Gasteiger partial charge < -0.3 is 9.67 Å². The van der Waals surface area contributed by atoms with Crippen molar-refractivity contribution in [2.45, 2.75) is 16.7 Å². The molecule has 1 heterocycles. The molecule has 0 aliphatic carbocycles. The Labute approximate surface area is 108 Å². The van der Waals surface area contributed by atoms with E-state index >= 15 is 0 Å². The Morgan fingerprint density at radius 1 is 1.56 bits per heavy atom. The summed E-state index contributed by atoms with van der Waals surface area (Å²) in [5.74, 6) is -0.451. The van der Waals surface area contributed by atoms with Crippen molar-refractivity contribution in [2.24, 2.45) is 7.05 Å². The maximum Gasteiger partial charge on any atom is 0.172 e. The SMILES string of the molecule is Cn1c(CO)cnc1Sc1ccc(C#N)cc1F. The summed E-state index contributed by atoms with van der Waals surface area (Å²) in [7, 11) is 1.75. The fourth-order valence-corrected chi connectivity index (χ4v) is 2.27. The first-order valence-corrected chi connectivity index (χ1v) is 5.96. The van der Waals surface area contributed by atoms with E-state index in [1.165, 1.54) is 6.07 Å². The van der Waals surface area contributed by atoms with Crippen molar-refractivity contribution in [2.75, 3.05) is 0 Å². The molecule has 0 radical (unpaired) electrons. The zero-order valence-corrected chi connectivity index (χ0v) is 10.4. The van der Waals surface area contributed by atoms with Crippen LogP contribution in [-0.4, -0.2) is 14.7 Å². The molecular formula is C12H10FN3OS. The highest BCUT2D eigenvalue weighted by molar-refractivity contribution is 7.99. The molecule has 0 saturated heterocycles. The molecule has 1 aromatic carbocycles. The minimum atomic E-state index is -0.451. The molecule has 0 bridgehead atoms. The number of halogens is 1. The molecule has 0 atom stereocenters. The summed E-state index contributed by atoms with van der Waals surface area (Å²) in [5.41, 5.74) is 0.944. The summed E-state index contributed by atoms with van der Waals surface area (Å²) in [6.07, 6.45) is 1.55. The van der Waals surface area contributed by atoms with E-state index in [1.807, 2.05) is 6.07 Å². The second-order valence-corrected chi connectivity index (χ2v) is 4.62. The normalized spacial score (nSPS) is 10.3. The van der Waals surface area contributed by atoms with E-state index < -0.39 is 5.82 Å². The summed E-state index contributed by atoms with van der Waals surface area (Å²) >= 11 is 1.15. The van der Waals surface area contributed by atoms with Crippen molar-refractivity contribution in [3.8, 4) is 6.07 Å². The molecular weight excluding hydrogens is 253 g/mol. The Morgan fingerprint density at radius 2 is 2.33 bits per heavy atom. The van der Waals surface area contributed by atoms with E-state index in [9.17, 15) is 4.39 Å². The molecule has 0 aliphatic rings. The van der Waals surface area contributed by atoms with Crippen LogP contribution >= 0.6 is 11.8 Å². The van der Waals surface area contributed by atoms with E-state index in [2.05, 4.69) is 4.98 Å². The van der Waals surface area contributed by atoms with Crippen LogP contribution in [0, 0.1) is 17.1 Å². The number of rotatable bonds is 3. The second kappa shape index (κ2) is 5.21. The fraction of sp³-hybridized carbons (Fsp3) is 0.167. The van der Waals surface area contributed by atoms with Crippen LogP contribution < -0.4 is 0 Å². The lowest BCUT2D eigenvalue weighted by Crippen LogP contribution is -1.97. The predicted molar refractivity (Wildman–Crippen MR) is 64.4 cm³/mol. The van der Waals surface area contributed by atoms with Gasteiger partial charge in [-0.15, -0.1) is 0 Å². The van der Waals surface area contributed by atoms with Gasteiger partial charge in [-0.05, 0) is 30.0 Å². The van der Waals surface area contributed by atoms with Gasteiger partial charge in [0.1, 0.15) is 5.82 Å². The van der Waals surface area contributed by atoms with Gasteiger partial charge in [-0.2, -0.15) is 5.26 Å². The number of aromatic nitrogens is 2. The van der Waals surface area contributed by atoms with Crippen LogP contribution in [0.15, 0.2) is 34.4 Å². The van der Waals surface area contributed by atoms with Crippen molar-refractivity contribution in [1.82, 2.24) is 9.55 Å². The maximum atomic E-state index is 13.7. The van der Waals surface area contributed by atoms with Gasteiger partial charge in [0.15, 0.2) is 5.16 Å². The number of imidazole rings is 1. The minimum absolute atomic E-state index is 0.111. The number of hydrogen-bond donors (Lipinski definition) is 1. The smallest absolute Gasteiger partial charge is 0.172 e. The summed E-state index contributed by atoms with van der Waals surface area (Å²) in [6.45, 7) is -0.111.